The van der Waals surface area contributed by atoms with Crippen molar-refractivity contribution in [1.29, 1.82) is 0 Å². The summed E-state index contributed by atoms with van der Waals surface area (Å²) in [5.41, 5.74) is 3.72. The standard InChI is InChI=1S/C27H34N4O2S/c1-3-19-31(4-2)20-7-16-29-34(32,33)27-11-6-10-26(22-27)30-25-9-5-8-24(21-25)13-12-23-14-17-28-18-15-23/h5-6,8-15,17-18,21-22,29-30H,3-4,7,16,19-20H2,1-2H3. The highest BCUT2D eigenvalue weighted by molar-refractivity contribution is 7.89. The Labute approximate surface area is 203 Å². The van der Waals surface area contributed by atoms with Gasteiger partial charge in [-0.2, -0.15) is 0 Å². The Bertz CT molecular complexity index is 1160. The van der Waals surface area contributed by atoms with Gasteiger partial charge in [0.15, 0.2) is 0 Å². The molecule has 0 amide bonds. The van der Waals surface area contributed by atoms with Crippen molar-refractivity contribution < 1.29 is 8.42 Å². The van der Waals surface area contributed by atoms with Gasteiger partial charge in [-0.05, 0) is 86.1 Å². The van der Waals surface area contributed by atoms with Crippen molar-refractivity contribution in [2.24, 2.45) is 0 Å². The van der Waals surface area contributed by atoms with Crippen LogP contribution in [0.5, 0.6) is 0 Å². The molecule has 0 unspecified atom stereocenters. The summed E-state index contributed by atoms with van der Waals surface area (Å²) in [6.45, 7) is 7.62. The number of aromatic nitrogens is 1. The number of hydrogen-bond acceptors (Lipinski definition) is 5. The van der Waals surface area contributed by atoms with Gasteiger partial charge in [0.05, 0.1) is 4.90 Å². The van der Waals surface area contributed by atoms with Gasteiger partial charge >= 0.3 is 0 Å². The van der Waals surface area contributed by atoms with Crippen LogP contribution in [-0.4, -0.2) is 44.5 Å². The maximum absolute atomic E-state index is 12.8. The van der Waals surface area contributed by atoms with Crippen molar-refractivity contribution in [3.63, 3.8) is 0 Å². The quantitative estimate of drug-likeness (QED) is 0.322. The Morgan fingerprint density at radius 1 is 0.882 bits per heavy atom. The summed E-state index contributed by atoms with van der Waals surface area (Å²) >= 11 is 0. The minimum absolute atomic E-state index is 0.257. The first-order valence-electron chi connectivity index (χ1n) is 11.8. The van der Waals surface area contributed by atoms with Crippen molar-refractivity contribution in [3.05, 3.63) is 84.2 Å². The van der Waals surface area contributed by atoms with Crippen LogP contribution in [0.1, 0.15) is 37.8 Å². The first kappa shape index (κ1) is 25.6. The lowest BCUT2D eigenvalue weighted by Gasteiger charge is -2.19. The third kappa shape index (κ3) is 8.09. The normalized spacial score (nSPS) is 11.9. The van der Waals surface area contributed by atoms with Gasteiger partial charge in [0.2, 0.25) is 10.0 Å². The van der Waals surface area contributed by atoms with Crippen LogP contribution in [0.15, 0.2) is 78.0 Å². The van der Waals surface area contributed by atoms with E-state index in [1.807, 2.05) is 54.6 Å². The summed E-state index contributed by atoms with van der Waals surface area (Å²) in [5.74, 6) is 0. The molecule has 3 aromatic rings. The zero-order valence-corrected chi connectivity index (χ0v) is 20.8. The molecule has 0 aliphatic heterocycles. The lowest BCUT2D eigenvalue weighted by molar-refractivity contribution is 0.285. The summed E-state index contributed by atoms with van der Waals surface area (Å²) in [6, 6.07) is 18.8. The molecule has 6 nitrogen and oxygen atoms in total. The molecule has 34 heavy (non-hydrogen) atoms. The average Bonchev–Trinajstić information content (AvgIpc) is 2.86. The third-order valence-electron chi connectivity index (χ3n) is 5.42. The van der Waals surface area contributed by atoms with Crippen molar-refractivity contribution in [1.82, 2.24) is 14.6 Å². The molecule has 0 radical (unpaired) electrons. The largest absolute Gasteiger partial charge is 0.355 e. The Morgan fingerprint density at radius 3 is 2.32 bits per heavy atom. The van der Waals surface area contributed by atoms with E-state index in [0.717, 1.165) is 55.0 Å². The number of rotatable bonds is 13. The Kier molecular flexibility index (Phi) is 9.82. The number of anilines is 2. The zero-order valence-electron chi connectivity index (χ0n) is 19.9. The van der Waals surface area contributed by atoms with E-state index >= 15 is 0 Å². The first-order chi connectivity index (χ1) is 16.5. The Hall–Kier alpha value is -3.00. The second-order valence-electron chi connectivity index (χ2n) is 8.08. The molecule has 0 spiro atoms. The molecule has 0 atom stereocenters. The van der Waals surface area contributed by atoms with Gasteiger partial charge in [-0.25, -0.2) is 13.1 Å². The van der Waals surface area contributed by atoms with Crippen LogP contribution in [0.25, 0.3) is 12.2 Å². The van der Waals surface area contributed by atoms with Crippen molar-refractivity contribution in [2.45, 2.75) is 31.6 Å². The SMILES string of the molecule is CCCN(CC)CCCNS(=O)(=O)c1cccc(Nc2cccc(C=Cc3ccncc3)c2)c1. The molecule has 180 valence electrons. The summed E-state index contributed by atoms with van der Waals surface area (Å²) in [4.78, 5) is 6.62. The fourth-order valence-corrected chi connectivity index (χ4v) is 4.75. The Morgan fingerprint density at radius 2 is 1.59 bits per heavy atom. The van der Waals surface area contributed by atoms with E-state index in [2.05, 4.69) is 33.8 Å². The lowest BCUT2D eigenvalue weighted by atomic mass is 10.1. The van der Waals surface area contributed by atoms with Crippen LogP contribution in [0.4, 0.5) is 11.4 Å². The smallest absolute Gasteiger partial charge is 0.240 e. The number of sulfonamides is 1. The minimum atomic E-state index is -3.56. The molecule has 0 aliphatic rings. The molecule has 0 saturated heterocycles. The highest BCUT2D eigenvalue weighted by atomic mass is 32.2. The number of hydrogen-bond donors (Lipinski definition) is 2. The van der Waals surface area contributed by atoms with Crippen molar-refractivity contribution >= 4 is 33.6 Å². The van der Waals surface area contributed by atoms with Gasteiger partial charge < -0.3 is 10.2 Å². The number of pyridine rings is 1. The predicted molar refractivity (Wildman–Crippen MR) is 142 cm³/mol. The van der Waals surface area contributed by atoms with Crippen LogP contribution >= 0.6 is 0 Å². The molecule has 0 bridgehead atoms. The van der Waals surface area contributed by atoms with E-state index in [0.29, 0.717) is 6.54 Å². The fraction of sp³-hybridized carbons (Fsp3) is 0.296. The van der Waals surface area contributed by atoms with Crippen molar-refractivity contribution in [2.75, 3.05) is 31.5 Å². The van der Waals surface area contributed by atoms with Crippen LogP contribution in [0.3, 0.4) is 0 Å². The number of nitrogens with one attached hydrogen (secondary N) is 2. The monoisotopic (exact) mass is 478 g/mol. The number of nitrogens with zero attached hydrogens (tertiary/aromatic N) is 2. The van der Waals surface area contributed by atoms with Crippen LogP contribution < -0.4 is 10.0 Å². The molecule has 0 aliphatic carbocycles. The average molecular weight is 479 g/mol. The Balaban J connectivity index is 1.61. The fourth-order valence-electron chi connectivity index (χ4n) is 3.63. The summed E-state index contributed by atoms with van der Waals surface area (Å²) in [7, 11) is -3.56. The van der Waals surface area contributed by atoms with E-state index in [1.54, 1.807) is 30.6 Å². The van der Waals surface area contributed by atoms with Crippen LogP contribution in [0.2, 0.25) is 0 Å². The lowest BCUT2D eigenvalue weighted by Crippen LogP contribution is -2.30. The first-order valence-corrected chi connectivity index (χ1v) is 13.3. The molecule has 2 aromatic carbocycles. The van der Waals surface area contributed by atoms with Crippen LogP contribution in [0, 0.1) is 0 Å². The summed E-state index contributed by atoms with van der Waals surface area (Å²) in [5, 5.41) is 3.32. The van der Waals surface area contributed by atoms with Crippen molar-refractivity contribution in [3.8, 4) is 0 Å². The maximum atomic E-state index is 12.8. The van der Waals surface area contributed by atoms with Gasteiger partial charge in [0.25, 0.3) is 0 Å². The molecule has 7 heteroatoms. The predicted octanol–water partition coefficient (Wildman–Crippen LogP) is 5.40. The van der Waals surface area contributed by atoms with E-state index < -0.39 is 10.0 Å². The summed E-state index contributed by atoms with van der Waals surface area (Å²) in [6.07, 6.45) is 9.47. The highest BCUT2D eigenvalue weighted by Gasteiger charge is 2.14. The molecule has 0 saturated carbocycles. The summed E-state index contributed by atoms with van der Waals surface area (Å²) < 4.78 is 28.3. The van der Waals surface area contributed by atoms with E-state index in [1.165, 1.54) is 0 Å². The number of benzene rings is 2. The van der Waals surface area contributed by atoms with Gasteiger partial charge in [0, 0.05) is 30.3 Å². The highest BCUT2D eigenvalue weighted by Crippen LogP contribution is 2.22. The minimum Gasteiger partial charge on any atom is -0.355 e. The molecule has 2 N–H and O–H groups in total. The van der Waals surface area contributed by atoms with E-state index in [-0.39, 0.29) is 4.90 Å². The van der Waals surface area contributed by atoms with Gasteiger partial charge in [-0.3, -0.25) is 4.98 Å². The van der Waals surface area contributed by atoms with Gasteiger partial charge in [-0.15, -0.1) is 0 Å². The van der Waals surface area contributed by atoms with Crippen LogP contribution in [-0.2, 0) is 10.0 Å². The second-order valence-corrected chi connectivity index (χ2v) is 9.84. The molecule has 1 heterocycles. The molecule has 0 fully saturated rings. The van der Waals surface area contributed by atoms with E-state index in [9.17, 15) is 8.42 Å². The van der Waals surface area contributed by atoms with Gasteiger partial charge in [0.1, 0.15) is 0 Å². The molecule has 1 aromatic heterocycles. The van der Waals surface area contributed by atoms with Gasteiger partial charge in [-0.1, -0.05) is 44.2 Å². The van der Waals surface area contributed by atoms with E-state index in [4.69, 9.17) is 0 Å². The molecule has 3 rings (SSSR count). The second kappa shape index (κ2) is 13.0. The molecular weight excluding hydrogens is 444 g/mol. The topological polar surface area (TPSA) is 74.3 Å². The molecular formula is C27H34N4O2S. The maximum Gasteiger partial charge on any atom is 0.240 e. The third-order valence-corrected chi connectivity index (χ3v) is 6.88. The zero-order chi connectivity index (χ0) is 24.2.